The normalized spacial score (nSPS) is 19.4. The van der Waals surface area contributed by atoms with E-state index in [1.165, 1.54) is 10.5 Å². The highest BCUT2D eigenvalue weighted by Crippen LogP contribution is 2.29. The van der Waals surface area contributed by atoms with Gasteiger partial charge in [0.2, 0.25) is 10.0 Å². The summed E-state index contributed by atoms with van der Waals surface area (Å²) >= 11 is 6.05. The maximum absolute atomic E-state index is 12.9. The van der Waals surface area contributed by atoms with Crippen molar-refractivity contribution in [1.82, 2.24) is 14.4 Å². The molecule has 0 aliphatic carbocycles. The highest BCUT2D eigenvalue weighted by atomic mass is 35.5. The van der Waals surface area contributed by atoms with Gasteiger partial charge < -0.3 is 9.26 Å². The average Bonchev–Trinajstić information content (AvgIpc) is 2.89. The molecule has 7 nitrogen and oxygen atoms in total. The third kappa shape index (κ3) is 3.26. The van der Waals surface area contributed by atoms with Gasteiger partial charge in [-0.05, 0) is 26.7 Å². The van der Waals surface area contributed by atoms with Crippen LogP contribution in [0.15, 0.2) is 27.9 Å². The summed E-state index contributed by atoms with van der Waals surface area (Å²) < 4.78 is 38.1. The number of hydrogen-bond donors (Lipinski definition) is 0. The van der Waals surface area contributed by atoms with E-state index in [2.05, 4.69) is 10.1 Å². The molecule has 3 heterocycles. The number of nitrogens with zero attached hydrogens (tertiary/aromatic N) is 3. The van der Waals surface area contributed by atoms with E-state index < -0.39 is 10.0 Å². The Kier molecular flexibility index (Phi) is 4.80. The maximum atomic E-state index is 12.9. The van der Waals surface area contributed by atoms with Crippen LogP contribution in [0.5, 0.6) is 5.75 Å². The quantitative estimate of drug-likeness (QED) is 0.821. The monoisotopic (exact) mass is 371 g/mol. The largest absolute Gasteiger partial charge is 0.487 e. The van der Waals surface area contributed by atoms with Crippen molar-refractivity contribution in [2.24, 2.45) is 0 Å². The summed E-state index contributed by atoms with van der Waals surface area (Å²) in [5.41, 5.74) is 0.368. The number of ether oxygens (including phenoxy) is 1. The second-order valence-corrected chi connectivity index (χ2v) is 7.99. The molecule has 24 heavy (non-hydrogen) atoms. The van der Waals surface area contributed by atoms with E-state index in [9.17, 15) is 8.42 Å². The topological polar surface area (TPSA) is 85.5 Å². The van der Waals surface area contributed by atoms with E-state index in [1.807, 2.05) is 0 Å². The van der Waals surface area contributed by atoms with E-state index in [1.54, 1.807) is 26.1 Å². The fourth-order valence-electron chi connectivity index (χ4n) is 2.83. The van der Waals surface area contributed by atoms with Crippen LogP contribution < -0.4 is 4.74 Å². The highest BCUT2D eigenvalue weighted by molar-refractivity contribution is 7.89. The molecular formula is C15H18ClN3O4S. The van der Waals surface area contributed by atoms with Crippen LogP contribution in [0.1, 0.15) is 24.3 Å². The molecule has 0 N–H and O–H groups in total. The number of sulfonamides is 1. The van der Waals surface area contributed by atoms with Crippen LogP contribution in [-0.4, -0.2) is 42.1 Å². The summed E-state index contributed by atoms with van der Waals surface area (Å²) in [5, 5.41) is 4.14. The number of piperidine rings is 1. The molecule has 0 saturated carbocycles. The lowest BCUT2D eigenvalue weighted by Crippen LogP contribution is -2.44. The molecule has 0 aromatic carbocycles. The van der Waals surface area contributed by atoms with E-state index in [-0.39, 0.29) is 17.5 Å². The fraction of sp³-hybridized carbons (Fsp3) is 0.467. The minimum atomic E-state index is -3.66. The van der Waals surface area contributed by atoms with Crippen molar-refractivity contribution in [2.75, 3.05) is 13.1 Å². The third-order valence-electron chi connectivity index (χ3n) is 3.94. The molecular weight excluding hydrogens is 354 g/mol. The molecule has 1 aliphatic heterocycles. The number of halogens is 1. The van der Waals surface area contributed by atoms with Crippen LogP contribution in [0.4, 0.5) is 0 Å². The van der Waals surface area contributed by atoms with E-state index >= 15 is 0 Å². The zero-order valence-electron chi connectivity index (χ0n) is 13.4. The number of pyridine rings is 1. The Morgan fingerprint density at radius 2 is 2.21 bits per heavy atom. The Hall–Kier alpha value is -1.64. The van der Waals surface area contributed by atoms with Crippen molar-refractivity contribution in [2.45, 2.75) is 37.7 Å². The summed E-state index contributed by atoms with van der Waals surface area (Å²) in [6.07, 6.45) is 4.27. The SMILES string of the molecule is Cc1noc(C)c1S(=O)(=O)N1CCCC(Oc2ccncc2Cl)C1. The van der Waals surface area contributed by atoms with Gasteiger partial charge in [0, 0.05) is 25.0 Å². The Morgan fingerprint density at radius 3 is 2.88 bits per heavy atom. The van der Waals surface area contributed by atoms with E-state index in [4.69, 9.17) is 20.9 Å². The molecule has 1 atom stereocenters. The molecule has 0 amide bonds. The standard InChI is InChI=1S/C15H18ClN3O4S/c1-10-15(11(2)23-18-10)24(20,21)19-7-3-4-12(9-19)22-14-5-6-17-8-13(14)16/h5-6,8,12H,3-4,7,9H2,1-2H3. The molecule has 1 unspecified atom stereocenters. The van der Waals surface area contributed by atoms with Crippen molar-refractivity contribution >= 4 is 21.6 Å². The molecule has 1 saturated heterocycles. The molecule has 0 bridgehead atoms. The molecule has 3 rings (SSSR count). The lowest BCUT2D eigenvalue weighted by molar-refractivity contribution is 0.129. The predicted octanol–water partition coefficient (Wildman–Crippen LogP) is 2.57. The minimum Gasteiger partial charge on any atom is -0.487 e. The number of aryl methyl sites for hydroxylation is 2. The van der Waals surface area contributed by atoms with Crippen molar-refractivity contribution in [1.29, 1.82) is 0 Å². The van der Waals surface area contributed by atoms with Crippen molar-refractivity contribution in [3.05, 3.63) is 34.9 Å². The Balaban J connectivity index is 1.80. The molecule has 9 heteroatoms. The number of hydrogen-bond acceptors (Lipinski definition) is 6. The van der Waals surface area contributed by atoms with Gasteiger partial charge in [-0.2, -0.15) is 4.31 Å². The zero-order chi connectivity index (χ0) is 17.3. The van der Waals surface area contributed by atoms with Gasteiger partial charge in [0.05, 0.1) is 6.54 Å². The first-order valence-corrected chi connectivity index (χ1v) is 9.40. The van der Waals surface area contributed by atoms with Gasteiger partial charge in [-0.25, -0.2) is 8.42 Å². The second-order valence-electron chi connectivity index (χ2n) is 5.70. The summed E-state index contributed by atoms with van der Waals surface area (Å²) in [5.74, 6) is 0.806. The van der Waals surface area contributed by atoms with Crippen LogP contribution in [0.25, 0.3) is 0 Å². The molecule has 0 radical (unpaired) electrons. The Bertz CT molecular complexity index is 817. The lowest BCUT2D eigenvalue weighted by atomic mass is 10.1. The molecule has 0 spiro atoms. The molecule has 130 valence electrons. The van der Waals surface area contributed by atoms with E-state index in [0.29, 0.717) is 35.2 Å². The van der Waals surface area contributed by atoms with Crippen LogP contribution in [0, 0.1) is 13.8 Å². The molecule has 1 fully saturated rings. The summed E-state index contributed by atoms with van der Waals surface area (Å²) in [4.78, 5) is 4.05. The number of aromatic nitrogens is 2. The zero-order valence-corrected chi connectivity index (χ0v) is 15.0. The first kappa shape index (κ1) is 17.2. The first-order chi connectivity index (χ1) is 11.4. The summed E-state index contributed by atoms with van der Waals surface area (Å²) in [6, 6.07) is 1.67. The van der Waals surface area contributed by atoms with Gasteiger partial charge in [0.15, 0.2) is 5.76 Å². The van der Waals surface area contributed by atoms with E-state index in [0.717, 1.165) is 6.42 Å². The van der Waals surface area contributed by atoms with Crippen LogP contribution in [-0.2, 0) is 10.0 Å². The van der Waals surface area contributed by atoms with Gasteiger partial charge in [0.1, 0.15) is 27.5 Å². The summed E-state index contributed by atoms with van der Waals surface area (Å²) in [7, 11) is -3.66. The highest BCUT2D eigenvalue weighted by Gasteiger charge is 2.35. The first-order valence-electron chi connectivity index (χ1n) is 7.59. The van der Waals surface area contributed by atoms with Gasteiger partial charge in [-0.15, -0.1) is 0 Å². The Labute approximate surface area is 145 Å². The molecule has 2 aromatic rings. The molecule has 2 aromatic heterocycles. The Morgan fingerprint density at radius 1 is 1.42 bits per heavy atom. The third-order valence-corrected chi connectivity index (χ3v) is 6.33. The lowest BCUT2D eigenvalue weighted by Gasteiger charge is -2.32. The molecule has 1 aliphatic rings. The smallest absolute Gasteiger partial charge is 0.248 e. The van der Waals surface area contributed by atoms with Crippen LogP contribution in [0.3, 0.4) is 0 Å². The fourth-order valence-corrected chi connectivity index (χ4v) is 4.79. The van der Waals surface area contributed by atoms with Gasteiger partial charge in [-0.1, -0.05) is 16.8 Å². The van der Waals surface area contributed by atoms with Gasteiger partial charge in [-0.3, -0.25) is 4.98 Å². The number of rotatable bonds is 4. The van der Waals surface area contributed by atoms with Crippen molar-refractivity contribution in [3.63, 3.8) is 0 Å². The summed E-state index contributed by atoms with van der Waals surface area (Å²) in [6.45, 7) is 3.92. The average molecular weight is 372 g/mol. The van der Waals surface area contributed by atoms with Gasteiger partial charge >= 0.3 is 0 Å². The van der Waals surface area contributed by atoms with Gasteiger partial charge in [0.25, 0.3) is 0 Å². The van der Waals surface area contributed by atoms with Crippen LogP contribution in [0.2, 0.25) is 5.02 Å². The van der Waals surface area contributed by atoms with Crippen LogP contribution >= 0.6 is 11.6 Å². The second kappa shape index (κ2) is 6.70. The predicted molar refractivity (Wildman–Crippen MR) is 87.6 cm³/mol. The minimum absolute atomic E-state index is 0.144. The van der Waals surface area contributed by atoms with Crippen molar-refractivity contribution in [3.8, 4) is 5.75 Å². The maximum Gasteiger partial charge on any atom is 0.248 e. The van der Waals surface area contributed by atoms with Crippen molar-refractivity contribution < 1.29 is 17.7 Å².